The molecular formula is C9H11O3. The third kappa shape index (κ3) is 1.51. The van der Waals surface area contributed by atoms with Crippen LogP contribution in [0.15, 0.2) is 12.1 Å². The number of hydrogen-bond acceptors (Lipinski definition) is 3. The van der Waals surface area contributed by atoms with Crippen LogP contribution >= 0.6 is 0 Å². The molecule has 3 heteroatoms. The van der Waals surface area contributed by atoms with Crippen molar-refractivity contribution < 1.29 is 14.6 Å². The second kappa shape index (κ2) is 3.97. The Hall–Kier alpha value is -1.22. The van der Waals surface area contributed by atoms with Crippen LogP contribution in [0.2, 0.25) is 0 Å². The van der Waals surface area contributed by atoms with Crippen LogP contribution in [0.5, 0.6) is 11.5 Å². The molecule has 0 spiro atoms. The summed E-state index contributed by atoms with van der Waals surface area (Å²) in [5, 5.41) is 8.92. The number of benzene rings is 1. The SMILES string of the molecule is COc1[c]ccc(CO)c1OC. The largest absolute Gasteiger partial charge is 0.492 e. The molecule has 0 unspecified atom stereocenters. The third-order valence-corrected chi connectivity index (χ3v) is 1.58. The van der Waals surface area contributed by atoms with Gasteiger partial charge in [-0.05, 0) is 6.07 Å². The molecule has 3 nitrogen and oxygen atoms in total. The average Bonchev–Trinajstić information content (AvgIpc) is 2.16. The molecule has 0 amide bonds. The first-order valence-corrected chi connectivity index (χ1v) is 3.56. The first-order chi connectivity index (χ1) is 5.83. The van der Waals surface area contributed by atoms with Gasteiger partial charge in [0.1, 0.15) is 0 Å². The van der Waals surface area contributed by atoms with E-state index in [1.807, 2.05) is 0 Å². The zero-order chi connectivity index (χ0) is 8.97. The fourth-order valence-electron chi connectivity index (χ4n) is 1.00. The number of methoxy groups -OCH3 is 2. The van der Waals surface area contributed by atoms with Gasteiger partial charge in [-0.1, -0.05) is 6.07 Å². The van der Waals surface area contributed by atoms with E-state index in [2.05, 4.69) is 6.07 Å². The molecule has 0 bridgehead atoms. The van der Waals surface area contributed by atoms with Gasteiger partial charge in [0.25, 0.3) is 0 Å². The van der Waals surface area contributed by atoms with Crippen molar-refractivity contribution in [2.45, 2.75) is 6.61 Å². The fraction of sp³-hybridized carbons (Fsp3) is 0.333. The van der Waals surface area contributed by atoms with Crippen molar-refractivity contribution in [2.75, 3.05) is 14.2 Å². The molecule has 1 N–H and O–H groups in total. The Morgan fingerprint density at radius 1 is 1.42 bits per heavy atom. The molecule has 0 heterocycles. The van der Waals surface area contributed by atoms with E-state index in [1.54, 1.807) is 12.1 Å². The summed E-state index contributed by atoms with van der Waals surface area (Å²) in [6.45, 7) is -0.0613. The highest BCUT2D eigenvalue weighted by Crippen LogP contribution is 2.29. The van der Waals surface area contributed by atoms with Crippen molar-refractivity contribution in [3.8, 4) is 11.5 Å². The van der Waals surface area contributed by atoms with Gasteiger partial charge >= 0.3 is 0 Å². The van der Waals surface area contributed by atoms with E-state index in [0.29, 0.717) is 17.1 Å². The molecule has 0 aliphatic rings. The Balaban J connectivity index is 3.13. The summed E-state index contributed by atoms with van der Waals surface area (Å²) in [7, 11) is 3.07. The minimum Gasteiger partial charge on any atom is -0.492 e. The third-order valence-electron chi connectivity index (χ3n) is 1.58. The minimum absolute atomic E-state index is 0.0613. The summed E-state index contributed by atoms with van der Waals surface area (Å²) in [6, 6.07) is 6.28. The second-order valence-corrected chi connectivity index (χ2v) is 2.23. The molecule has 0 aliphatic heterocycles. The van der Waals surface area contributed by atoms with E-state index in [1.165, 1.54) is 14.2 Å². The van der Waals surface area contributed by atoms with Crippen molar-refractivity contribution in [1.82, 2.24) is 0 Å². The van der Waals surface area contributed by atoms with Crippen LogP contribution in [0.4, 0.5) is 0 Å². The van der Waals surface area contributed by atoms with Gasteiger partial charge in [-0.15, -0.1) is 0 Å². The number of rotatable bonds is 3. The minimum atomic E-state index is -0.0613. The molecule has 0 aromatic heterocycles. The fourth-order valence-corrected chi connectivity index (χ4v) is 1.00. The quantitative estimate of drug-likeness (QED) is 0.729. The van der Waals surface area contributed by atoms with Gasteiger partial charge in [-0.3, -0.25) is 0 Å². The molecule has 0 saturated heterocycles. The number of hydrogen-bond donors (Lipinski definition) is 1. The second-order valence-electron chi connectivity index (χ2n) is 2.23. The van der Waals surface area contributed by atoms with Crippen LogP contribution < -0.4 is 9.47 Å². The van der Waals surface area contributed by atoms with Crippen molar-refractivity contribution in [1.29, 1.82) is 0 Å². The van der Waals surface area contributed by atoms with Crippen molar-refractivity contribution >= 4 is 0 Å². The Labute approximate surface area is 71.5 Å². The van der Waals surface area contributed by atoms with E-state index in [4.69, 9.17) is 14.6 Å². The van der Waals surface area contributed by atoms with Crippen molar-refractivity contribution in [3.05, 3.63) is 23.8 Å². The number of aliphatic hydroxyl groups excluding tert-OH is 1. The molecule has 0 fully saturated rings. The monoisotopic (exact) mass is 167 g/mol. The van der Waals surface area contributed by atoms with Gasteiger partial charge < -0.3 is 14.6 Å². The van der Waals surface area contributed by atoms with Crippen LogP contribution in [0.25, 0.3) is 0 Å². The van der Waals surface area contributed by atoms with Crippen LogP contribution in [0.3, 0.4) is 0 Å². The molecule has 0 aliphatic carbocycles. The van der Waals surface area contributed by atoms with Crippen LogP contribution in [0, 0.1) is 6.07 Å². The highest BCUT2D eigenvalue weighted by molar-refractivity contribution is 5.45. The molecule has 0 atom stereocenters. The lowest BCUT2D eigenvalue weighted by atomic mass is 10.2. The summed E-state index contributed by atoms with van der Waals surface area (Å²) in [4.78, 5) is 0. The number of aliphatic hydroxyl groups is 1. The summed E-state index contributed by atoms with van der Waals surface area (Å²) in [6.07, 6.45) is 0. The average molecular weight is 167 g/mol. The van der Waals surface area contributed by atoms with Gasteiger partial charge in [0.05, 0.1) is 20.8 Å². The molecule has 1 radical (unpaired) electrons. The molecule has 0 saturated carbocycles. The highest BCUT2D eigenvalue weighted by Gasteiger charge is 2.07. The molecule has 65 valence electrons. The Morgan fingerprint density at radius 2 is 2.17 bits per heavy atom. The summed E-state index contributed by atoms with van der Waals surface area (Å²) in [5.41, 5.74) is 0.702. The molecular weight excluding hydrogens is 156 g/mol. The topological polar surface area (TPSA) is 38.7 Å². The van der Waals surface area contributed by atoms with E-state index < -0.39 is 0 Å². The number of ether oxygens (including phenoxy) is 2. The lowest BCUT2D eigenvalue weighted by Crippen LogP contribution is -1.95. The Kier molecular flexibility index (Phi) is 2.94. The highest BCUT2D eigenvalue weighted by atomic mass is 16.5. The predicted molar refractivity (Wildman–Crippen MR) is 44.3 cm³/mol. The van der Waals surface area contributed by atoms with Crippen LogP contribution in [0.1, 0.15) is 5.56 Å². The van der Waals surface area contributed by atoms with E-state index in [9.17, 15) is 0 Å². The summed E-state index contributed by atoms with van der Waals surface area (Å²) in [5.74, 6) is 1.06. The van der Waals surface area contributed by atoms with E-state index in [0.717, 1.165) is 0 Å². The van der Waals surface area contributed by atoms with Gasteiger partial charge in [0.15, 0.2) is 11.5 Å². The predicted octanol–water partition coefficient (Wildman–Crippen LogP) is 0.996. The van der Waals surface area contributed by atoms with Crippen LogP contribution in [-0.2, 0) is 6.61 Å². The van der Waals surface area contributed by atoms with Gasteiger partial charge in [-0.25, -0.2) is 0 Å². The van der Waals surface area contributed by atoms with Gasteiger partial charge in [0, 0.05) is 11.6 Å². The summed E-state index contributed by atoms with van der Waals surface area (Å²) >= 11 is 0. The first kappa shape index (κ1) is 8.87. The van der Waals surface area contributed by atoms with E-state index in [-0.39, 0.29) is 6.61 Å². The lowest BCUT2D eigenvalue weighted by molar-refractivity contribution is 0.270. The zero-order valence-electron chi connectivity index (χ0n) is 7.13. The molecule has 1 aromatic carbocycles. The van der Waals surface area contributed by atoms with Gasteiger partial charge in [0.2, 0.25) is 0 Å². The maximum Gasteiger partial charge on any atom is 0.169 e. The zero-order valence-corrected chi connectivity index (χ0v) is 7.13. The molecule has 12 heavy (non-hydrogen) atoms. The standard InChI is InChI=1S/C9H11O3/c1-11-8-5-3-4-7(6-10)9(8)12-2/h3-4,10H,6H2,1-2H3. The van der Waals surface area contributed by atoms with Crippen molar-refractivity contribution in [3.63, 3.8) is 0 Å². The Morgan fingerprint density at radius 3 is 2.67 bits per heavy atom. The molecule has 1 rings (SSSR count). The van der Waals surface area contributed by atoms with E-state index >= 15 is 0 Å². The molecule has 1 aromatic rings. The first-order valence-electron chi connectivity index (χ1n) is 3.56. The normalized spacial score (nSPS) is 9.58. The smallest absolute Gasteiger partial charge is 0.169 e. The Bertz CT molecular complexity index is 236. The lowest BCUT2D eigenvalue weighted by Gasteiger charge is -2.09. The summed E-state index contributed by atoms with van der Waals surface area (Å²) < 4.78 is 10.0. The van der Waals surface area contributed by atoms with Crippen molar-refractivity contribution in [2.24, 2.45) is 0 Å². The maximum absolute atomic E-state index is 8.92. The van der Waals surface area contributed by atoms with Gasteiger partial charge in [-0.2, -0.15) is 0 Å². The maximum atomic E-state index is 8.92. The van der Waals surface area contributed by atoms with Crippen LogP contribution in [-0.4, -0.2) is 19.3 Å².